The molecule has 1 atom stereocenters. The van der Waals surface area contributed by atoms with Gasteiger partial charge in [0.15, 0.2) is 0 Å². The molecular weight excluding hydrogens is 347 g/mol. The van der Waals surface area contributed by atoms with Crippen LogP contribution in [0.2, 0.25) is 0 Å². The summed E-state index contributed by atoms with van der Waals surface area (Å²) in [6.07, 6.45) is -3.70. The van der Waals surface area contributed by atoms with E-state index in [0.717, 1.165) is 38.2 Å². The Balaban J connectivity index is 1.78. The van der Waals surface area contributed by atoms with Gasteiger partial charge in [0.25, 0.3) is 0 Å². The number of alkyl halides is 3. The van der Waals surface area contributed by atoms with E-state index in [9.17, 15) is 18.0 Å². The zero-order valence-corrected chi connectivity index (χ0v) is 14.8. The Morgan fingerprint density at radius 1 is 1.23 bits per heavy atom. The van der Waals surface area contributed by atoms with Gasteiger partial charge < -0.3 is 9.64 Å². The van der Waals surface area contributed by atoms with Gasteiger partial charge in [-0.25, -0.2) is 4.79 Å². The summed E-state index contributed by atoms with van der Waals surface area (Å²) in [6, 6.07) is 4.68. The molecule has 0 saturated carbocycles. The summed E-state index contributed by atoms with van der Waals surface area (Å²) in [5.41, 5.74) is -0.419. The zero-order chi connectivity index (χ0) is 18.7. The third-order valence-electron chi connectivity index (χ3n) is 4.99. The van der Waals surface area contributed by atoms with Crippen molar-refractivity contribution in [2.75, 3.05) is 50.8 Å². The van der Waals surface area contributed by atoms with Gasteiger partial charge >= 0.3 is 12.2 Å². The largest absolute Gasteiger partial charge is 0.416 e. The summed E-state index contributed by atoms with van der Waals surface area (Å²) in [7, 11) is 0. The molecule has 2 aliphatic heterocycles. The molecule has 0 spiro atoms. The van der Waals surface area contributed by atoms with Gasteiger partial charge in [-0.3, -0.25) is 9.80 Å². The van der Waals surface area contributed by atoms with Gasteiger partial charge in [-0.05, 0) is 31.5 Å². The second-order valence-corrected chi connectivity index (χ2v) is 6.64. The lowest BCUT2D eigenvalue weighted by Gasteiger charge is -2.29. The molecule has 0 aromatic heterocycles. The molecule has 2 saturated heterocycles. The normalized spacial score (nSPS) is 22.3. The lowest BCUT2D eigenvalue weighted by molar-refractivity contribution is -0.137. The predicted octanol–water partition coefficient (Wildman–Crippen LogP) is 3.06. The molecule has 1 aromatic carbocycles. The van der Waals surface area contributed by atoms with Crippen molar-refractivity contribution >= 4 is 11.7 Å². The Bertz CT molecular complexity index is 632. The lowest BCUT2D eigenvalue weighted by Crippen LogP contribution is -2.41. The summed E-state index contributed by atoms with van der Waals surface area (Å²) in [5.74, 6) is 0. The molecule has 0 N–H and O–H groups in total. The van der Waals surface area contributed by atoms with Crippen LogP contribution in [-0.4, -0.2) is 67.8 Å². The maximum Gasteiger partial charge on any atom is 0.416 e. The number of amides is 2. The number of hydrogen-bond donors (Lipinski definition) is 0. The first-order chi connectivity index (χ1) is 12.4. The highest BCUT2D eigenvalue weighted by molar-refractivity contribution is 5.95. The third kappa shape index (κ3) is 4.12. The molecule has 2 amide bonds. The lowest BCUT2D eigenvalue weighted by atomic mass is 10.1. The Kier molecular flexibility index (Phi) is 5.72. The molecule has 2 fully saturated rings. The third-order valence-corrected chi connectivity index (χ3v) is 4.99. The smallest absolute Gasteiger partial charge is 0.379 e. The molecule has 26 heavy (non-hydrogen) atoms. The van der Waals surface area contributed by atoms with E-state index in [0.29, 0.717) is 32.0 Å². The van der Waals surface area contributed by atoms with Crippen LogP contribution in [0.25, 0.3) is 0 Å². The fourth-order valence-electron chi connectivity index (χ4n) is 3.52. The Morgan fingerprint density at radius 3 is 2.62 bits per heavy atom. The van der Waals surface area contributed by atoms with Crippen LogP contribution in [0, 0.1) is 0 Å². The molecule has 3 rings (SSSR count). The monoisotopic (exact) mass is 371 g/mol. The fraction of sp³-hybridized carbons (Fsp3) is 0.611. The first kappa shape index (κ1) is 19.0. The van der Waals surface area contributed by atoms with Gasteiger partial charge in [0, 0.05) is 38.4 Å². The van der Waals surface area contributed by atoms with E-state index in [-0.39, 0.29) is 12.1 Å². The number of likely N-dealkylation sites (N-methyl/N-ethyl adjacent to an activating group) is 1. The van der Waals surface area contributed by atoms with Crippen molar-refractivity contribution < 1.29 is 22.7 Å². The van der Waals surface area contributed by atoms with E-state index in [1.165, 1.54) is 11.0 Å². The molecule has 8 heteroatoms. The summed E-state index contributed by atoms with van der Waals surface area (Å²) in [6.45, 7) is 6.85. The number of benzene rings is 1. The van der Waals surface area contributed by atoms with Crippen LogP contribution in [0.5, 0.6) is 0 Å². The van der Waals surface area contributed by atoms with Gasteiger partial charge in [0.1, 0.15) is 0 Å². The van der Waals surface area contributed by atoms with E-state index >= 15 is 0 Å². The number of rotatable bonds is 5. The maximum atomic E-state index is 13.1. The number of morpholine rings is 1. The van der Waals surface area contributed by atoms with Crippen LogP contribution in [0.15, 0.2) is 24.3 Å². The van der Waals surface area contributed by atoms with E-state index in [2.05, 4.69) is 4.90 Å². The molecule has 0 bridgehead atoms. The highest BCUT2D eigenvalue weighted by Crippen LogP contribution is 2.34. The number of hydrogen-bond acceptors (Lipinski definition) is 3. The van der Waals surface area contributed by atoms with Crippen molar-refractivity contribution in [2.45, 2.75) is 25.6 Å². The van der Waals surface area contributed by atoms with Crippen molar-refractivity contribution in [3.63, 3.8) is 0 Å². The average molecular weight is 371 g/mol. The maximum absolute atomic E-state index is 13.1. The Labute approximate surface area is 151 Å². The van der Waals surface area contributed by atoms with Gasteiger partial charge in [0.05, 0.1) is 24.8 Å². The van der Waals surface area contributed by atoms with E-state index in [1.54, 1.807) is 11.0 Å². The highest BCUT2D eigenvalue weighted by Gasteiger charge is 2.38. The van der Waals surface area contributed by atoms with Crippen molar-refractivity contribution in [3.05, 3.63) is 29.8 Å². The van der Waals surface area contributed by atoms with Crippen molar-refractivity contribution in [1.82, 2.24) is 9.80 Å². The quantitative estimate of drug-likeness (QED) is 0.798. The van der Waals surface area contributed by atoms with Crippen LogP contribution >= 0.6 is 0 Å². The molecule has 2 aliphatic rings. The Hall–Kier alpha value is -1.80. The molecule has 144 valence electrons. The minimum Gasteiger partial charge on any atom is -0.379 e. The number of ether oxygens (including phenoxy) is 1. The number of carbonyl (C=O) groups is 1. The summed E-state index contributed by atoms with van der Waals surface area (Å²) in [4.78, 5) is 18.2. The summed E-state index contributed by atoms with van der Waals surface area (Å²) in [5, 5.41) is 0. The second kappa shape index (κ2) is 7.84. The highest BCUT2D eigenvalue weighted by atomic mass is 19.4. The van der Waals surface area contributed by atoms with Crippen LogP contribution in [-0.2, 0) is 10.9 Å². The first-order valence-corrected chi connectivity index (χ1v) is 8.95. The average Bonchev–Trinajstić information content (AvgIpc) is 2.96. The first-order valence-electron chi connectivity index (χ1n) is 8.95. The van der Waals surface area contributed by atoms with Crippen LogP contribution in [0.4, 0.5) is 23.7 Å². The molecule has 5 nitrogen and oxygen atoms in total. The molecule has 1 unspecified atom stereocenters. The van der Waals surface area contributed by atoms with Crippen LogP contribution in [0.3, 0.4) is 0 Å². The van der Waals surface area contributed by atoms with Crippen molar-refractivity contribution in [3.8, 4) is 0 Å². The standard InChI is InChI=1S/C18H24F3N3O2/c1-2-23-13-16(6-7-22-8-10-26-11-9-22)24(17(23)25)15-5-3-4-14(12-15)18(19,20)21/h3-5,12,16H,2,6-11,13H2,1H3. The van der Waals surface area contributed by atoms with Gasteiger partial charge in [-0.2, -0.15) is 13.2 Å². The SMILES string of the molecule is CCN1CC(CCN2CCOCC2)N(c2cccc(C(F)(F)F)c2)C1=O. The molecule has 0 radical (unpaired) electrons. The number of urea groups is 1. The second-order valence-electron chi connectivity index (χ2n) is 6.64. The minimum absolute atomic E-state index is 0.131. The molecule has 2 heterocycles. The van der Waals surface area contributed by atoms with Crippen LogP contribution < -0.4 is 4.90 Å². The molecule has 1 aromatic rings. The molecule has 0 aliphatic carbocycles. The predicted molar refractivity (Wildman–Crippen MR) is 92.2 cm³/mol. The van der Waals surface area contributed by atoms with E-state index in [1.807, 2.05) is 6.92 Å². The summed E-state index contributed by atoms with van der Waals surface area (Å²) >= 11 is 0. The van der Waals surface area contributed by atoms with Gasteiger partial charge in [-0.1, -0.05) is 6.07 Å². The van der Waals surface area contributed by atoms with Crippen molar-refractivity contribution in [2.24, 2.45) is 0 Å². The zero-order valence-electron chi connectivity index (χ0n) is 14.8. The van der Waals surface area contributed by atoms with E-state index < -0.39 is 11.7 Å². The van der Waals surface area contributed by atoms with Gasteiger partial charge in [-0.15, -0.1) is 0 Å². The number of carbonyl (C=O) groups excluding carboxylic acids is 1. The molecular formula is C18H24F3N3O2. The fourth-order valence-corrected chi connectivity index (χ4v) is 3.52. The minimum atomic E-state index is -4.42. The van der Waals surface area contributed by atoms with Crippen molar-refractivity contribution in [1.29, 1.82) is 0 Å². The topological polar surface area (TPSA) is 36.0 Å². The van der Waals surface area contributed by atoms with Crippen LogP contribution in [0.1, 0.15) is 18.9 Å². The van der Waals surface area contributed by atoms with E-state index in [4.69, 9.17) is 4.74 Å². The Morgan fingerprint density at radius 2 is 1.96 bits per heavy atom. The number of halogens is 3. The summed E-state index contributed by atoms with van der Waals surface area (Å²) < 4.78 is 44.5. The number of nitrogens with zero attached hydrogens (tertiary/aromatic N) is 3. The van der Waals surface area contributed by atoms with Gasteiger partial charge in [0.2, 0.25) is 0 Å². The number of anilines is 1.